The van der Waals surface area contributed by atoms with Gasteiger partial charge in [0.1, 0.15) is 5.78 Å². The summed E-state index contributed by atoms with van der Waals surface area (Å²) < 4.78 is 4.87. The Morgan fingerprint density at radius 3 is 2.88 bits per heavy atom. The van der Waals surface area contributed by atoms with Crippen LogP contribution in [-0.4, -0.2) is 42.9 Å². The van der Waals surface area contributed by atoms with Gasteiger partial charge in [-0.15, -0.1) is 0 Å². The van der Waals surface area contributed by atoms with Crippen LogP contribution in [0.25, 0.3) is 0 Å². The Morgan fingerprint density at radius 2 is 2.25 bits per heavy atom. The van der Waals surface area contributed by atoms with Crippen molar-refractivity contribution in [2.45, 2.75) is 33.1 Å². The highest BCUT2D eigenvalue weighted by molar-refractivity contribution is 5.82. The number of carbonyl (C=O) groups excluding carboxylic acids is 2. The number of esters is 1. The average molecular weight is 227 g/mol. The maximum atomic E-state index is 11.5. The molecule has 1 aliphatic heterocycles. The van der Waals surface area contributed by atoms with Crippen LogP contribution in [0.3, 0.4) is 0 Å². The van der Waals surface area contributed by atoms with Gasteiger partial charge in [-0.05, 0) is 13.3 Å². The summed E-state index contributed by atoms with van der Waals surface area (Å²) >= 11 is 0. The van der Waals surface area contributed by atoms with Gasteiger partial charge in [0.2, 0.25) is 0 Å². The SMILES string of the molecule is CCOC(=O)CCN1CCC(=O)C(CC)C1. The van der Waals surface area contributed by atoms with Crippen LogP contribution in [0, 0.1) is 5.92 Å². The summed E-state index contributed by atoms with van der Waals surface area (Å²) in [5, 5.41) is 0. The molecule has 0 aliphatic carbocycles. The van der Waals surface area contributed by atoms with E-state index in [0.717, 1.165) is 19.5 Å². The number of piperidine rings is 1. The molecular weight excluding hydrogens is 206 g/mol. The molecule has 0 aromatic rings. The Kier molecular flexibility index (Phi) is 5.46. The Bertz CT molecular complexity index is 253. The molecule has 4 heteroatoms. The van der Waals surface area contributed by atoms with Crippen molar-refractivity contribution in [3.05, 3.63) is 0 Å². The Labute approximate surface area is 96.9 Å². The van der Waals surface area contributed by atoms with Gasteiger partial charge in [-0.25, -0.2) is 0 Å². The molecule has 1 aliphatic rings. The first-order chi connectivity index (χ1) is 7.67. The molecule has 92 valence electrons. The highest BCUT2D eigenvalue weighted by atomic mass is 16.5. The molecule has 1 atom stereocenters. The zero-order valence-corrected chi connectivity index (χ0v) is 10.2. The number of rotatable bonds is 5. The van der Waals surface area contributed by atoms with Gasteiger partial charge in [-0.1, -0.05) is 6.92 Å². The predicted octanol–water partition coefficient (Wildman–Crippen LogP) is 1.24. The molecule has 1 saturated heterocycles. The Balaban J connectivity index is 2.28. The van der Waals surface area contributed by atoms with Gasteiger partial charge in [0.25, 0.3) is 0 Å². The molecule has 1 heterocycles. The van der Waals surface area contributed by atoms with Gasteiger partial charge in [0.05, 0.1) is 13.0 Å². The minimum absolute atomic E-state index is 0.146. The van der Waals surface area contributed by atoms with E-state index in [1.807, 2.05) is 13.8 Å². The van der Waals surface area contributed by atoms with E-state index < -0.39 is 0 Å². The third kappa shape index (κ3) is 3.93. The topological polar surface area (TPSA) is 46.6 Å². The summed E-state index contributed by atoms with van der Waals surface area (Å²) in [6.07, 6.45) is 1.95. The lowest BCUT2D eigenvalue weighted by Gasteiger charge is -2.30. The minimum atomic E-state index is -0.146. The second kappa shape index (κ2) is 6.63. The third-order valence-corrected chi connectivity index (χ3v) is 3.04. The fourth-order valence-electron chi connectivity index (χ4n) is 2.02. The fourth-order valence-corrected chi connectivity index (χ4v) is 2.02. The lowest BCUT2D eigenvalue weighted by atomic mass is 9.94. The minimum Gasteiger partial charge on any atom is -0.466 e. The summed E-state index contributed by atoms with van der Waals surface area (Å²) in [6.45, 7) is 6.59. The number of hydrogen-bond acceptors (Lipinski definition) is 4. The maximum Gasteiger partial charge on any atom is 0.307 e. The second-order valence-corrected chi connectivity index (χ2v) is 4.18. The van der Waals surface area contributed by atoms with E-state index in [9.17, 15) is 9.59 Å². The smallest absolute Gasteiger partial charge is 0.307 e. The van der Waals surface area contributed by atoms with E-state index >= 15 is 0 Å². The number of ketones is 1. The first-order valence-corrected chi connectivity index (χ1v) is 6.08. The number of Topliss-reactive ketones (excluding diaryl/α,β-unsaturated/α-hetero) is 1. The molecule has 0 spiro atoms. The van der Waals surface area contributed by atoms with Crippen LogP contribution in [0.15, 0.2) is 0 Å². The largest absolute Gasteiger partial charge is 0.466 e. The maximum absolute atomic E-state index is 11.5. The van der Waals surface area contributed by atoms with Crippen molar-refractivity contribution in [3.8, 4) is 0 Å². The molecule has 0 aromatic heterocycles. The molecule has 4 nitrogen and oxygen atoms in total. The molecule has 0 N–H and O–H groups in total. The van der Waals surface area contributed by atoms with Gasteiger partial charge in [0.15, 0.2) is 0 Å². The number of hydrogen-bond donors (Lipinski definition) is 0. The first-order valence-electron chi connectivity index (χ1n) is 6.08. The van der Waals surface area contributed by atoms with E-state index in [1.165, 1.54) is 0 Å². The van der Waals surface area contributed by atoms with E-state index in [4.69, 9.17) is 4.74 Å². The molecule has 0 aromatic carbocycles. The molecule has 1 rings (SSSR count). The van der Waals surface area contributed by atoms with Crippen LogP contribution in [0.1, 0.15) is 33.1 Å². The molecule has 16 heavy (non-hydrogen) atoms. The van der Waals surface area contributed by atoms with Crippen LogP contribution in [-0.2, 0) is 14.3 Å². The lowest BCUT2D eigenvalue weighted by Crippen LogP contribution is -2.41. The molecule has 0 radical (unpaired) electrons. The summed E-state index contributed by atoms with van der Waals surface area (Å²) in [5.41, 5.74) is 0. The molecule has 1 fully saturated rings. The highest BCUT2D eigenvalue weighted by Gasteiger charge is 2.25. The lowest BCUT2D eigenvalue weighted by molar-refractivity contribution is -0.143. The van der Waals surface area contributed by atoms with Crippen molar-refractivity contribution in [3.63, 3.8) is 0 Å². The van der Waals surface area contributed by atoms with Gasteiger partial charge in [-0.3, -0.25) is 9.59 Å². The van der Waals surface area contributed by atoms with Crippen LogP contribution < -0.4 is 0 Å². The summed E-state index contributed by atoms with van der Waals surface area (Å²) in [5.74, 6) is 0.387. The number of carbonyl (C=O) groups is 2. The van der Waals surface area contributed by atoms with Gasteiger partial charge >= 0.3 is 5.97 Å². The van der Waals surface area contributed by atoms with Crippen molar-refractivity contribution in [2.24, 2.45) is 5.92 Å². The summed E-state index contributed by atoms with van der Waals surface area (Å²) in [6, 6.07) is 0. The van der Waals surface area contributed by atoms with Crippen LogP contribution in [0.5, 0.6) is 0 Å². The summed E-state index contributed by atoms with van der Waals surface area (Å²) in [4.78, 5) is 24.9. The third-order valence-electron chi connectivity index (χ3n) is 3.04. The van der Waals surface area contributed by atoms with Gasteiger partial charge in [0, 0.05) is 32.0 Å². The van der Waals surface area contributed by atoms with Gasteiger partial charge in [-0.2, -0.15) is 0 Å². The summed E-state index contributed by atoms with van der Waals surface area (Å²) in [7, 11) is 0. The van der Waals surface area contributed by atoms with Crippen molar-refractivity contribution in [1.82, 2.24) is 4.90 Å². The van der Waals surface area contributed by atoms with Gasteiger partial charge < -0.3 is 9.64 Å². The molecule has 0 amide bonds. The molecule has 0 saturated carbocycles. The van der Waals surface area contributed by atoms with Crippen molar-refractivity contribution < 1.29 is 14.3 Å². The highest BCUT2D eigenvalue weighted by Crippen LogP contribution is 2.16. The van der Waals surface area contributed by atoms with Crippen molar-refractivity contribution >= 4 is 11.8 Å². The number of ether oxygens (including phenoxy) is 1. The van der Waals surface area contributed by atoms with Crippen LogP contribution >= 0.6 is 0 Å². The standard InChI is InChI=1S/C12H21NO3/c1-3-10-9-13(7-5-11(10)14)8-6-12(15)16-4-2/h10H,3-9H2,1-2H3. The van der Waals surface area contributed by atoms with E-state index in [-0.39, 0.29) is 11.9 Å². The fraction of sp³-hybridized carbons (Fsp3) is 0.833. The van der Waals surface area contributed by atoms with Crippen LogP contribution in [0.2, 0.25) is 0 Å². The zero-order valence-electron chi connectivity index (χ0n) is 10.2. The predicted molar refractivity (Wildman–Crippen MR) is 61.1 cm³/mol. The normalized spacial score (nSPS) is 22.1. The monoisotopic (exact) mass is 227 g/mol. The zero-order chi connectivity index (χ0) is 12.0. The number of nitrogens with zero attached hydrogens (tertiary/aromatic N) is 1. The Morgan fingerprint density at radius 1 is 1.50 bits per heavy atom. The van der Waals surface area contributed by atoms with Crippen molar-refractivity contribution in [1.29, 1.82) is 0 Å². The average Bonchev–Trinajstić information content (AvgIpc) is 2.28. The first kappa shape index (κ1) is 13.2. The Hall–Kier alpha value is -0.900. The van der Waals surface area contributed by atoms with E-state index in [2.05, 4.69) is 4.90 Å². The van der Waals surface area contributed by atoms with E-state index in [0.29, 0.717) is 31.8 Å². The van der Waals surface area contributed by atoms with Crippen molar-refractivity contribution in [2.75, 3.05) is 26.2 Å². The van der Waals surface area contributed by atoms with E-state index in [1.54, 1.807) is 0 Å². The second-order valence-electron chi connectivity index (χ2n) is 4.18. The van der Waals surface area contributed by atoms with Crippen LogP contribution in [0.4, 0.5) is 0 Å². The quantitative estimate of drug-likeness (QED) is 0.663. The number of likely N-dealkylation sites (tertiary alicyclic amines) is 1. The molecule has 1 unspecified atom stereocenters. The molecular formula is C12H21NO3. The molecule has 0 bridgehead atoms.